The Morgan fingerprint density at radius 2 is 1.72 bits per heavy atom. The van der Waals surface area contributed by atoms with Crippen molar-refractivity contribution in [2.24, 2.45) is 11.7 Å². The molecule has 32 heavy (non-hydrogen) atoms. The minimum absolute atomic E-state index is 0.220. The van der Waals surface area contributed by atoms with Gasteiger partial charge in [0.1, 0.15) is 18.4 Å². The highest BCUT2D eigenvalue weighted by Gasteiger charge is 2.22. The third-order valence-corrected chi connectivity index (χ3v) is 4.94. The van der Waals surface area contributed by atoms with E-state index in [-0.39, 0.29) is 12.3 Å². The van der Waals surface area contributed by atoms with E-state index in [0.717, 1.165) is 23.3 Å². The minimum Gasteiger partial charge on any atom is -0.489 e. The standard InChI is InChI=1S/C25H32N3O4/c1-3-15-27-25(31)22(28-23(29)14-9-18(2)24(26)30)16-19-10-12-21(13-11-19)32-17-20-7-5-4-6-8-20/h4-8,10-14,18,22H,3,9,15-17H2,1-2H3,(H2,26,30)(H,27,31)(H,28,29). The first kappa shape index (κ1) is 24.9. The summed E-state index contributed by atoms with van der Waals surface area (Å²) in [6, 6.07) is 16.6. The number of nitrogens with two attached hydrogens (primary N) is 1. The van der Waals surface area contributed by atoms with E-state index in [0.29, 0.717) is 19.6 Å². The topological polar surface area (TPSA) is 111 Å². The monoisotopic (exact) mass is 438 g/mol. The quantitative estimate of drug-likeness (QED) is 0.446. The Kier molecular flexibility index (Phi) is 10.2. The van der Waals surface area contributed by atoms with E-state index < -0.39 is 23.8 Å². The Morgan fingerprint density at radius 1 is 1.03 bits per heavy atom. The first-order valence-corrected chi connectivity index (χ1v) is 10.9. The van der Waals surface area contributed by atoms with Crippen LogP contribution in [-0.2, 0) is 27.4 Å². The van der Waals surface area contributed by atoms with E-state index in [1.54, 1.807) is 6.92 Å². The van der Waals surface area contributed by atoms with E-state index in [2.05, 4.69) is 10.6 Å². The summed E-state index contributed by atoms with van der Waals surface area (Å²) in [4.78, 5) is 36.0. The van der Waals surface area contributed by atoms with Gasteiger partial charge in [0.25, 0.3) is 0 Å². The van der Waals surface area contributed by atoms with Crippen molar-refractivity contribution in [1.29, 1.82) is 0 Å². The molecule has 2 atom stereocenters. The molecule has 0 aliphatic carbocycles. The molecule has 2 unspecified atom stereocenters. The number of hydrogen-bond acceptors (Lipinski definition) is 4. The lowest BCUT2D eigenvalue weighted by molar-refractivity contribution is -0.127. The Labute approximate surface area is 189 Å². The van der Waals surface area contributed by atoms with Gasteiger partial charge in [-0.15, -0.1) is 0 Å². The van der Waals surface area contributed by atoms with E-state index >= 15 is 0 Å². The predicted molar refractivity (Wildman–Crippen MR) is 123 cm³/mol. The van der Waals surface area contributed by atoms with E-state index in [1.165, 1.54) is 6.42 Å². The second-order valence-electron chi connectivity index (χ2n) is 7.72. The van der Waals surface area contributed by atoms with Crippen molar-refractivity contribution in [3.8, 4) is 5.75 Å². The number of amides is 3. The normalized spacial score (nSPS) is 12.4. The number of hydrogen-bond donors (Lipinski definition) is 3. The molecule has 0 aromatic heterocycles. The van der Waals surface area contributed by atoms with Gasteiger partial charge in [-0.25, -0.2) is 0 Å². The summed E-state index contributed by atoms with van der Waals surface area (Å²) in [7, 11) is 0. The van der Waals surface area contributed by atoms with Crippen LogP contribution in [0.1, 0.15) is 37.8 Å². The highest BCUT2D eigenvalue weighted by molar-refractivity contribution is 5.91. The van der Waals surface area contributed by atoms with Crippen molar-refractivity contribution < 1.29 is 19.1 Å². The lowest BCUT2D eigenvalue weighted by atomic mass is 10.0. The second kappa shape index (κ2) is 13.1. The van der Waals surface area contributed by atoms with Crippen molar-refractivity contribution in [2.75, 3.05) is 6.54 Å². The molecule has 0 spiro atoms. The van der Waals surface area contributed by atoms with Gasteiger partial charge in [0.15, 0.2) is 0 Å². The fourth-order valence-electron chi connectivity index (χ4n) is 2.91. The van der Waals surface area contributed by atoms with Crippen LogP contribution in [0.2, 0.25) is 0 Å². The number of carbonyl (C=O) groups excluding carboxylic acids is 3. The van der Waals surface area contributed by atoms with Gasteiger partial charge in [-0.1, -0.05) is 56.3 Å². The first-order valence-electron chi connectivity index (χ1n) is 10.9. The number of primary amides is 1. The summed E-state index contributed by atoms with van der Waals surface area (Å²) in [6.45, 7) is 4.61. The van der Waals surface area contributed by atoms with Crippen molar-refractivity contribution in [3.05, 3.63) is 72.1 Å². The van der Waals surface area contributed by atoms with Crippen molar-refractivity contribution >= 4 is 17.7 Å². The maximum atomic E-state index is 12.6. The van der Waals surface area contributed by atoms with Crippen LogP contribution in [0.3, 0.4) is 0 Å². The lowest BCUT2D eigenvalue weighted by Gasteiger charge is -2.19. The maximum absolute atomic E-state index is 12.6. The van der Waals surface area contributed by atoms with E-state index in [4.69, 9.17) is 10.5 Å². The third kappa shape index (κ3) is 8.79. The fraction of sp³-hybridized carbons (Fsp3) is 0.360. The lowest BCUT2D eigenvalue weighted by Crippen LogP contribution is -2.48. The van der Waals surface area contributed by atoms with Crippen LogP contribution < -0.4 is 21.1 Å². The first-order chi connectivity index (χ1) is 15.4. The molecule has 2 aromatic rings. The van der Waals surface area contributed by atoms with Gasteiger partial charge in [0, 0.05) is 18.9 Å². The van der Waals surface area contributed by atoms with Crippen LogP contribution >= 0.6 is 0 Å². The van der Waals surface area contributed by atoms with E-state index in [1.807, 2.05) is 61.5 Å². The zero-order valence-corrected chi connectivity index (χ0v) is 18.7. The molecule has 0 aliphatic heterocycles. The predicted octanol–water partition coefficient (Wildman–Crippen LogP) is 2.53. The summed E-state index contributed by atoms with van der Waals surface area (Å²) >= 11 is 0. The Bertz CT molecular complexity index is 869. The molecule has 0 fully saturated rings. The molecule has 0 saturated carbocycles. The SMILES string of the molecule is CCCNC(=O)C(Cc1ccc(OCc2ccccc2)cc1)NC(=O)[CH]CC(C)C(N)=O. The molecule has 0 bridgehead atoms. The molecule has 0 saturated heterocycles. The Balaban J connectivity index is 1.95. The molecule has 2 rings (SSSR count). The highest BCUT2D eigenvalue weighted by Crippen LogP contribution is 2.16. The summed E-state index contributed by atoms with van der Waals surface area (Å²) in [5, 5.41) is 5.56. The largest absolute Gasteiger partial charge is 0.489 e. The Morgan fingerprint density at radius 3 is 2.34 bits per heavy atom. The molecule has 7 nitrogen and oxygen atoms in total. The molecule has 7 heteroatoms. The van der Waals surface area contributed by atoms with Crippen molar-refractivity contribution in [2.45, 2.75) is 45.8 Å². The van der Waals surface area contributed by atoms with Crippen LogP contribution in [0.25, 0.3) is 0 Å². The highest BCUT2D eigenvalue weighted by atomic mass is 16.5. The van der Waals surface area contributed by atoms with Crippen LogP contribution in [0.4, 0.5) is 0 Å². The Hall–Kier alpha value is -3.35. The van der Waals surface area contributed by atoms with Gasteiger partial charge in [-0.05, 0) is 36.1 Å². The zero-order chi connectivity index (χ0) is 23.3. The summed E-state index contributed by atoms with van der Waals surface area (Å²) in [5.41, 5.74) is 7.20. The molecule has 2 aromatic carbocycles. The number of benzene rings is 2. The molecule has 171 valence electrons. The molecule has 3 amide bonds. The molecule has 4 N–H and O–H groups in total. The number of rotatable bonds is 13. The van der Waals surface area contributed by atoms with Gasteiger partial charge in [-0.2, -0.15) is 0 Å². The minimum atomic E-state index is -0.731. The average molecular weight is 439 g/mol. The molecular formula is C25H32N3O4. The molecule has 0 aliphatic rings. The van der Waals surface area contributed by atoms with Gasteiger partial charge in [0.05, 0.1) is 6.42 Å². The van der Waals surface area contributed by atoms with Gasteiger partial charge in [0.2, 0.25) is 17.7 Å². The van der Waals surface area contributed by atoms with Gasteiger partial charge >= 0.3 is 0 Å². The zero-order valence-electron chi connectivity index (χ0n) is 18.7. The van der Waals surface area contributed by atoms with Crippen LogP contribution in [0.15, 0.2) is 54.6 Å². The third-order valence-electron chi connectivity index (χ3n) is 4.94. The van der Waals surface area contributed by atoms with Crippen molar-refractivity contribution in [3.63, 3.8) is 0 Å². The summed E-state index contributed by atoms with van der Waals surface area (Å²) in [5.74, 6) is -0.849. The van der Waals surface area contributed by atoms with Gasteiger partial charge < -0.3 is 21.1 Å². The van der Waals surface area contributed by atoms with Crippen LogP contribution in [-0.4, -0.2) is 30.3 Å². The smallest absolute Gasteiger partial charge is 0.242 e. The fourth-order valence-corrected chi connectivity index (χ4v) is 2.91. The molecule has 1 radical (unpaired) electrons. The number of carbonyl (C=O) groups is 3. The average Bonchev–Trinajstić information content (AvgIpc) is 2.80. The number of ether oxygens (including phenoxy) is 1. The number of nitrogens with one attached hydrogen (secondary N) is 2. The molecular weight excluding hydrogens is 406 g/mol. The summed E-state index contributed by atoms with van der Waals surface area (Å²) < 4.78 is 5.80. The van der Waals surface area contributed by atoms with E-state index in [9.17, 15) is 14.4 Å². The maximum Gasteiger partial charge on any atom is 0.242 e. The second-order valence-corrected chi connectivity index (χ2v) is 7.72. The van der Waals surface area contributed by atoms with Gasteiger partial charge in [-0.3, -0.25) is 14.4 Å². The van der Waals surface area contributed by atoms with Crippen LogP contribution in [0, 0.1) is 12.3 Å². The van der Waals surface area contributed by atoms with Crippen LogP contribution in [0.5, 0.6) is 5.75 Å². The van der Waals surface area contributed by atoms with Crippen molar-refractivity contribution in [1.82, 2.24) is 10.6 Å². The summed E-state index contributed by atoms with van der Waals surface area (Å²) in [6.07, 6.45) is 2.70. The molecule has 0 heterocycles.